The maximum atomic E-state index is 13.0. The second kappa shape index (κ2) is 6.43. The molecule has 0 bridgehead atoms. The minimum absolute atomic E-state index is 0.0417. The molecule has 0 radical (unpaired) electrons. The lowest BCUT2D eigenvalue weighted by Gasteiger charge is -2.34. The van der Waals surface area contributed by atoms with Crippen molar-refractivity contribution >= 4 is 46.8 Å². The minimum atomic E-state index is -0.395. The zero-order valence-corrected chi connectivity index (χ0v) is 16.2. The topological polar surface area (TPSA) is 40.6 Å². The number of rotatable bonds is 3. The highest BCUT2D eigenvalue weighted by atomic mass is 35.5. The molecule has 130 valence electrons. The first-order valence-electron chi connectivity index (χ1n) is 7.92. The molecule has 0 spiro atoms. The summed E-state index contributed by atoms with van der Waals surface area (Å²) in [6.45, 7) is 3.98. The number of nitrogens with zero attached hydrogens (tertiary/aromatic N) is 2. The van der Waals surface area contributed by atoms with Gasteiger partial charge in [0.25, 0.3) is 0 Å². The summed E-state index contributed by atoms with van der Waals surface area (Å²) in [7, 11) is 1.76. The molecule has 3 atom stereocenters. The summed E-state index contributed by atoms with van der Waals surface area (Å²) < 4.78 is 0. The second-order valence-corrected chi connectivity index (χ2v) is 8.90. The number of thioether (sulfide) groups is 1. The summed E-state index contributed by atoms with van der Waals surface area (Å²) in [4.78, 5) is 28.5. The monoisotopic (exact) mass is 386 g/mol. The number of hydrogen-bond donors (Lipinski definition) is 0. The van der Waals surface area contributed by atoms with Crippen molar-refractivity contribution in [3.8, 4) is 0 Å². The van der Waals surface area contributed by atoms with Crippen LogP contribution in [0.4, 0.5) is 0 Å². The SMILES string of the molecule is CC(c1ccc(Cl)cc1Cl)N(C)C(=O)C1CSC2(C)CCC(=O)N12. The molecule has 3 unspecified atom stereocenters. The Hall–Kier alpha value is -0.910. The van der Waals surface area contributed by atoms with Crippen LogP contribution < -0.4 is 0 Å². The smallest absolute Gasteiger partial charge is 0.246 e. The third kappa shape index (κ3) is 2.91. The van der Waals surface area contributed by atoms with E-state index >= 15 is 0 Å². The molecular formula is C17H20Cl2N2O2S. The van der Waals surface area contributed by atoms with Crippen molar-refractivity contribution in [3.63, 3.8) is 0 Å². The standard InChI is InChI=1S/C17H20Cl2N2O2S/c1-10(12-5-4-11(18)8-13(12)19)20(3)16(23)14-9-24-17(2)7-6-15(22)21(14)17/h4-5,8,10,14H,6-7,9H2,1-3H3. The number of amides is 2. The van der Waals surface area contributed by atoms with Gasteiger partial charge in [-0.2, -0.15) is 0 Å². The van der Waals surface area contributed by atoms with Crippen LogP contribution in [0.2, 0.25) is 10.0 Å². The summed E-state index contributed by atoms with van der Waals surface area (Å²) in [5.74, 6) is 0.679. The van der Waals surface area contributed by atoms with Crippen LogP contribution in [0.3, 0.4) is 0 Å². The van der Waals surface area contributed by atoms with Crippen LogP contribution in [0.5, 0.6) is 0 Å². The molecule has 4 nitrogen and oxygen atoms in total. The number of likely N-dealkylation sites (N-methyl/N-ethyl adjacent to an activating group) is 1. The van der Waals surface area contributed by atoms with E-state index in [-0.39, 0.29) is 22.7 Å². The Bertz CT molecular complexity index is 699. The fourth-order valence-electron chi connectivity index (χ4n) is 3.48. The zero-order chi connectivity index (χ0) is 17.6. The molecular weight excluding hydrogens is 367 g/mol. The summed E-state index contributed by atoms with van der Waals surface area (Å²) in [5, 5.41) is 1.10. The maximum Gasteiger partial charge on any atom is 0.246 e. The molecule has 2 aliphatic heterocycles. The molecule has 2 heterocycles. The highest BCUT2D eigenvalue weighted by Crippen LogP contribution is 2.47. The molecule has 7 heteroatoms. The van der Waals surface area contributed by atoms with E-state index in [1.807, 2.05) is 13.0 Å². The molecule has 3 rings (SSSR count). The van der Waals surface area contributed by atoms with Gasteiger partial charge in [0.15, 0.2) is 0 Å². The van der Waals surface area contributed by atoms with Crippen LogP contribution in [0, 0.1) is 0 Å². The summed E-state index contributed by atoms with van der Waals surface area (Å²) in [6.07, 6.45) is 1.33. The van der Waals surface area contributed by atoms with Gasteiger partial charge < -0.3 is 9.80 Å². The van der Waals surface area contributed by atoms with Crippen molar-refractivity contribution in [2.24, 2.45) is 0 Å². The lowest BCUT2D eigenvalue weighted by molar-refractivity contribution is -0.144. The van der Waals surface area contributed by atoms with E-state index in [9.17, 15) is 9.59 Å². The largest absolute Gasteiger partial charge is 0.337 e. The Morgan fingerprint density at radius 1 is 1.46 bits per heavy atom. The number of carbonyl (C=O) groups is 2. The molecule has 1 aromatic carbocycles. The van der Waals surface area contributed by atoms with Crippen molar-refractivity contribution in [2.75, 3.05) is 12.8 Å². The van der Waals surface area contributed by atoms with Gasteiger partial charge >= 0.3 is 0 Å². The number of halogens is 2. The molecule has 0 N–H and O–H groups in total. The molecule has 0 aromatic heterocycles. The Morgan fingerprint density at radius 3 is 2.83 bits per heavy atom. The average Bonchev–Trinajstić information content (AvgIpc) is 3.02. The second-order valence-electron chi connectivity index (χ2n) is 6.56. The van der Waals surface area contributed by atoms with Gasteiger partial charge in [-0.3, -0.25) is 9.59 Å². The van der Waals surface area contributed by atoms with E-state index in [4.69, 9.17) is 23.2 Å². The molecule has 0 saturated carbocycles. The lowest BCUT2D eigenvalue weighted by Crippen LogP contribution is -2.50. The number of benzene rings is 1. The van der Waals surface area contributed by atoms with Crippen LogP contribution in [0.1, 0.15) is 38.3 Å². The molecule has 2 aliphatic rings. The molecule has 0 aliphatic carbocycles. The van der Waals surface area contributed by atoms with Crippen LogP contribution in [0.25, 0.3) is 0 Å². The van der Waals surface area contributed by atoms with Gasteiger partial charge in [0, 0.05) is 29.3 Å². The van der Waals surface area contributed by atoms with Crippen LogP contribution in [-0.4, -0.2) is 45.3 Å². The van der Waals surface area contributed by atoms with Crippen molar-refractivity contribution in [1.29, 1.82) is 0 Å². The van der Waals surface area contributed by atoms with Gasteiger partial charge in [-0.15, -0.1) is 11.8 Å². The zero-order valence-electron chi connectivity index (χ0n) is 13.9. The molecule has 2 saturated heterocycles. The Labute approximate surface area is 156 Å². The Kier molecular flexibility index (Phi) is 4.80. The van der Waals surface area contributed by atoms with Crippen molar-refractivity contribution in [2.45, 2.75) is 43.6 Å². The quantitative estimate of drug-likeness (QED) is 0.788. The fraction of sp³-hybridized carbons (Fsp3) is 0.529. The molecule has 1 aromatic rings. The van der Waals surface area contributed by atoms with Crippen LogP contribution in [-0.2, 0) is 9.59 Å². The van der Waals surface area contributed by atoms with Crippen molar-refractivity contribution < 1.29 is 9.59 Å². The predicted molar refractivity (Wildman–Crippen MR) is 98.4 cm³/mol. The van der Waals surface area contributed by atoms with Gasteiger partial charge in [0.2, 0.25) is 11.8 Å². The normalized spacial score (nSPS) is 27.3. The van der Waals surface area contributed by atoms with E-state index in [1.165, 1.54) is 0 Å². The van der Waals surface area contributed by atoms with Gasteiger partial charge in [0.05, 0.1) is 10.9 Å². The summed E-state index contributed by atoms with van der Waals surface area (Å²) >= 11 is 13.9. The van der Waals surface area contributed by atoms with E-state index < -0.39 is 6.04 Å². The van der Waals surface area contributed by atoms with Gasteiger partial charge in [-0.05, 0) is 38.0 Å². The third-order valence-corrected chi connectivity index (χ3v) is 7.14. The third-order valence-electron chi connectivity index (χ3n) is 5.07. The van der Waals surface area contributed by atoms with Crippen LogP contribution in [0.15, 0.2) is 18.2 Å². The van der Waals surface area contributed by atoms with Crippen LogP contribution >= 0.6 is 35.0 Å². The predicted octanol–water partition coefficient (Wildman–Crippen LogP) is 3.97. The van der Waals surface area contributed by atoms with E-state index in [0.29, 0.717) is 22.2 Å². The van der Waals surface area contributed by atoms with Crippen molar-refractivity contribution in [3.05, 3.63) is 33.8 Å². The number of carbonyl (C=O) groups excluding carboxylic acids is 2. The lowest BCUT2D eigenvalue weighted by atomic mass is 10.1. The minimum Gasteiger partial charge on any atom is -0.337 e. The Morgan fingerprint density at radius 2 is 2.17 bits per heavy atom. The van der Waals surface area contributed by atoms with Gasteiger partial charge in [-0.1, -0.05) is 29.3 Å². The fourth-order valence-corrected chi connectivity index (χ4v) is 5.47. The number of hydrogen-bond acceptors (Lipinski definition) is 3. The molecule has 2 fully saturated rings. The molecule has 24 heavy (non-hydrogen) atoms. The summed E-state index contributed by atoms with van der Waals surface area (Å²) in [5.41, 5.74) is 0.845. The van der Waals surface area contributed by atoms with Crippen molar-refractivity contribution in [1.82, 2.24) is 9.80 Å². The van der Waals surface area contributed by atoms with E-state index in [0.717, 1.165) is 12.0 Å². The first-order chi connectivity index (χ1) is 11.2. The highest BCUT2D eigenvalue weighted by Gasteiger charge is 2.53. The average molecular weight is 387 g/mol. The van der Waals surface area contributed by atoms with E-state index in [2.05, 4.69) is 6.92 Å². The Balaban J connectivity index is 1.81. The van der Waals surface area contributed by atoms with Gasteiger partial charge in [0.1, 0.15) is 6.04 Å². The maximum absolute atomic E-state index is 13.0. The van der Waals surface area contributed by atoms with Gasteiger partial charge in [-0.25, -0.2) is 0 Å². The summed E-state index contributed by atoms with van der Waals surface area (Å²) in [6, 6.07) is 4.70. The molecule has 2 amide bonds. The number of fused-ring (bicyclic) bond motifs is 1. The van der Waals surface area contributed by atoms with E-state index in [1.54, 1.807) is 40.7 Å². The highest BCUT2D eigenvalue weighted by molar-refractivity contribution is 8.01. The first kappa shape index (κ1) is 17.9. The first-order valence-corrected chi connectivity index (χ1v) is 9.66.